The van der Waals surface area contributed by atoms with Crippen LogP contribution in [0.4, 0.5) is 0 Å². The highest BCUT2D eigenvalue weighted by molar-refractivity contribution is 6.09. The van der Waals surface area contributed by atoms with E-state index in [2.05, 4.69) is 144 Å². The number of aromatic nitrogens is 4. The van der Waals surface area contributed by atoms with Gasteiger partial charge in [0.15, 0.2) is 0 Å². The molecule has 3 atom stereocenters. The van der Waals surface area contributed by atoms with E-state index in [1.54, 1.807) is 0 Å². The number of benzene rings is 3. The highest BCUT2D eigenvalue weighted by Crippen LogP contribution is 2.44. The number of allylic oxidation sites excluding steroid dienone is 2. The zero-order valence-corrected chi connectivity index (χ0v) is 33.2. The Morgan fingerprint density at radius 3 is 2.36 bits per heavy atom. The number of fused-ring (bicyclic) bond motifs is 3. The second kappa shape index (κ2) is 15.8. The van der Waals surface area contributed by atoms with Crippen molar-refractivity contribution in [3.63, 3.8) is 0 Å². The zero-order valence-electron chi connectivity index (χ0n) is 33.2. The number of ether oxygens (including phenoxy) is 1. The van der Waals surface area contributed by atoms with Crippen LogP contribution in [0.3, 0.4) is 0 Å². The summed E-state index contributed by atoms with van der Waals surface area (Å²) in [6.45, 7) is 18.5. The SMILES string of the molecule is CCCCc1ccnc(-n2c3ccccc3c3ccc(Oc4cc(C(C)C)cc(-n5nc(CCC)c([C@H]6C(C)=C[C@H](C)CC6C)c5CCC)c4)cc32)c1. The lowest BCUT2D eigenvalue weighted by Gasteiger charge is -2.33. The van der Waals surface area contributed by atoms with E-state index in [9.17, 15) is 0 Å². The maximum Gasteiger partial charge on any atom is 0.137 e. The maximum absolute atomic E-state index is 6.87. The van der Waals surface area contributed by atoms with E-state index in [1.807, 2.05) is 6.20 Å². The predicted octanol–water partition coefficient (Wildman–Crippen LogP) is 13.2. The summed E-state index contributed by atoms with van der Waals surface area (Å²) in [5.41, 5.74) is 11.5. The fourth-order valence-corrected chi connectivity index (χ4v) is 8.93. The highest BCUT2D eigenvalue weighted by Gasteiger charge is 2.33. The Kier molecular flexibility index (Phi) is 10.9. The summed E-state index contributed by atoms with van der Waals surface area (Å²) >= 11 is 0. The molecule has 1 unspecified atom stereocenters. The number of hydrogen-bond donors (Lipinski definition) is 0. The minimum atomic E-state index is 0.332. The topological polar surface area (TPSA) is 44.9 Å². The first-order valence-corrected chi connectivity index (χ1v) is 20.3. The van der Waals surface area contributed by atoms with E-state index >= 15 is 0 Å². The van der Waals surface area contributed by atoms with Crippen LogP contribution in [-0.2, 0) is 19.3 Å². The second-order valence-corrected chi connectivity index (χ2v) is 16.0. The molecule has 0 radical (unpaired) electrons. The smallest absolute Gasteiger partial charge is 0.137 e. The summed E-state index contributed by atoms with van der Waals surface area (Å²) in [4.78, 5) is 4.88. The van der Waals surface area contributed by atoms with Gasteiger partial charge in [0.25, 0.3) is 0 Å². The number of para-hydroxylation sites is 1. The van der Waals surface area contributed by atoms with Crippen molar-refractivity contribution in [1.82, 2.24) is 19.3 Å². The molecule has 6 aromatic rings. The molecule has 5 heteroatoms. The Bertz CT molecular complexity index is 2250. The number of unbranched alkanes of at least 4 members (excludes halogenated alkanes) is 1. The van der Waals surface area contributed by atoms with Crippen molar-refractivity contribution in [2.45, 2.75) is 119 Å². The Labute approximate surface area is 317 Å². The normalized spacial score (nSPS) is 17.6. The molecule has 3 aromatic heterocycles. The summed E-state index contributed by atoms with van der Waals surface area (Å²) in [5.74, 6) is 4.53. The van der Waals surface area contributed by atoms with Crippen LogP contribution in [0.25, 0.3) is 33.3 Å². The second-order valence-electron chi connectivity index (χ2n) is 16.0. The largest absolute Gasteiger partial charge is 0.457 e. The molecule has 0 N–H and O–H groups in total. The van der Waals surface area contributed by atoms with Crippen molar-refractivity contribution in [2.75, 3.05) is 0 Å². The first-order valence-electron chi connectivity index (χ1n) is 20.3. The molecule has 1 aliphatic carbocycles. The molecule has 0 bridgehead atoms. The Morgan fingerprint density at radius 1 is 0.811 bits per heavy atom. The van der Waals surface area contributed by atoms with Crippen molar-refractivity contribution in [3.05, 3.63) is 119 Å². The fourth-order valence-electron chi connectivity index (χ4n) is 8.93. The van der Waals surface area contributed by atoms with Gasteiger partial charge in [-0.05, 0) is 110 Å². The van der Waals surface area contributed by atoms with Gasteiger partial charge in [0.2, 0.25) is 0 Å². The van der Waals surface area contributed by atoms with Crippen LogP contribution in [0, 0.1) is 11.8 Å². The number of rotatable bonds is 13. The molecule has 0 aliphatic heterocycles. The lowest BCUT2D eigenvalue weighted by Crippen LogP contribution is -2.21. The van der Waals surface area contributed by atoms with Gasteiger partial charge in [-0.25, -0.2) is 9.67 Å². The van der Waals surface area contributed by atoms with E-state index in [0.717, 1.165) is 66.1 Å². The monoisotopic (exact) mass is 706 g/mol. The van der Waals surface area contributed by atoms with E-state index < -0.39 is 0 Å². The Morgan fingerprint density at radius 2 is 1.60 bits per heavy atom. The Hall–Kier alpha value is -4.64. The van der Waals surface area contributed by atoms with Gasteiger partial charge in [0.05, 0.1) is 22.4 Å². The average molecular weight is 707 g/mol. The van der Waals surface area contributed by atoms with Gasteiger partial charge >= 0.3 is 0 Å². The van der Waals surface area contributed by atoms with Gasteiger partial charge < -0.3 is 4.74 Å². The Balaban J connectivity index is 1.34. The summed E-state index contributed by atoms with van der Waals surface area (Å²) in [7, 11) is 0. The molecule has 276 valence electrons. The van der Waals surface area contributed by atoms with Gasteiger partial charge in [-0.15, -0.1) is 0 Å². The van der Waals surface area contributed by atoms with Crippen LogP contribution in [0.2, 0.25) is 0 Å². The summed E-state index contributed by atoms with van der Waals surface area (Å²) in [6.07, 6.45) is 13.2. The lowest BCUT2D eigenvalue weighted by molar-refractivity contribution is 0.389. The molecule has 0 saturated carbocycles. The van der Waals surface area contributed by atoms with Gasteiger partial charge in [0, 0.05) is 46.3 Å². The first kappa shape index (κ1) is 36.7. The molecule has 7 rings (SSSR count). The molecule has 3 heterocycles. The minimum absolute atomic E-state index is 0.332. The molecule has 0 spiro atoms. The van der Waals surface area contributed by atoms with Gasteiger partial charge in [-0.2, -0.15) is 5.10 Å². The van der Waals surface area contributed by atoms with Gasteiger partial charge in [-0.1, -0.05) is 97.6 Å². The minimum Gasteiger partial charge on any atom is -0.457 e. The van der Waals surface area contributed by atoms with Crippen molar-refractivity contribution < 1.29 is 4.74 Å². The molecule has 0 saturated heterocycles. The number of hydrogen-bond acceptors (Lipinski definition) is 3. The van der Waals surface area contributed by atoms with E-state index in [-0.39, 0.29) is 0 Å². The van der Waals surface area contributed by atoms with Crippen LogP contribution >= 0.6 is 0 Å². The summed E-state index contributed by atoms with van der Waals surface area (Å²) < 4.78 is 11.4. The third kappa shape index (κ3) is 7.32. The molecule has 5 nitrogen and oxygen atoms in total. The quantitative estimate of drug-likeness (QED) is 0.112. The van der Waals surface area contributed by atoms with Gasteiger partial charge in [-0.3, -0.25) is 4.57 Å². The van der Waals surface area contributed by atoms with Crippen molar-refractivity contribution >= 4 is 21.8 Å². The molecule has 1 aliphatic rings. The third-order valence-electron chi connectivity index (χ3n) is 11.3. The standard InChI is InChI=1S/C48H58N4O/c1-9-12-17-35-22-23-49-46(26-35)51-43-19-14-13-18-40(43)41-21-20-38(30-45(41)51)53-39-28-36(31(4)5)27-37(29-39)52-44(16-11-3)48(42(50-52)15-10-2)47-33(7)24-32(6)25-34(47)8/h13-14,18-24,26-32,34,47H,9-12,15-17,25H2,1-8H3/t32-,34?,47-/m0/s1. The van der Waals surface area contributed by atoms with Crippen LogP contribution in [0.1, 0.15) is 127 Å². The van der Waals surface area contributed by atoms with E-state index in [4.69, 9.17) is 14.8 Å². The van der Waals surface area contributed by atoms with Crippen molar-refractivity contribution in [3.8, 4) is 23.0 Å². The van der Waals surface area contributed by atoms with Crippen molar-refractivity contribution in [2.24, 2.45) is 11.8 Å². The molecule has 3 aromatic carbocycles. The fraction of sp³-hybridized carbons (Fsp3) is 0.417. The number of aryl methyl sites for hydroxylation is 2. The molecular formula is C48H58N4O. The zero-order chi connectivity index (χ0) is 37.2. The van der Waals surface area contributed by atoms with E-state index in [1.165, 1.54) is 63.7 Å². The summed E-state index contributed by atoms with van der Waals surface area (Å²) in [6, 6.07) is 26.3. The highest BCUT2D eigenvalue weighted by atomic mass is 16.5. The molecular weight excluding hydrogens is 649 g/mol. The number of nitrogens with zero attached hydrogens (tertiary/aromatic N) is 4. The third-order valence-corrected chi connectivity index (χ3v) is 11.3. The number of pyridine rings is 1. The van der Waals surface area contributed by atoms with Gasteiger partial charge in [0.1, 0.15) is 17.3 Å². The average Bonchev–Trinajstić information content (AvgIpc) is 3.65. The maximum atomic E-state index is 6.87. The molecule has 0 amide bonds. The van der Waals surface area contributed by atoms with Crippen LogP contribution < -0.4 is 4.74 Å². The predicted molar refractivity (Wildman–Crippen MR) is 222 cm³/mol. The van der Waals surface area contributed by atoms with Crippen LogP contribution in [-0.4, -0.2) is 19.3 Å². The molecule has 0 fully saturated rings. The van der Waals surface area contributed by atoms with Crippen LogP contribution in [0.15, 0.2) is 90.6 Å². The molecule has 53 heavy (non-hydrogen) atoms. The van der Waals surface area contributed by atoms with Crippen LogP contribution in [0.5, 0.6) is 11.5 Å². The first-order chi connectivity index (χ1) is 25.7. The van der Waals surface area contributed by atoms with Crippen molar-refractivity contribution in [1.29, 1.82) is 0 Å². The van der Waals surface area contributed by atoms with E-state index in [0.29, 0.717) is 23.7 Å². The lowest BCUT2D eigenvalue weighted by atomic mass is 9.72. The summed E-state index contributed by atoms with van der Waals surface area (Å²) in [5, 5.41) is 7.87.